The molecule has 100 valence electrons. The van der Waals surface area contributed by atoms with Crippen LogP contribution in [0.3, 0.4) is 0 Å². The van der Waals surface area contributed by atoms with Gasteiger partial charge in [0.1, 0.15) is 12.3 Å². The highest BCUT2D eigenvalue weighted by molar-refractivity contribution is 5.92. The van der Waals surface area contributed by atoms with Gasteiger partial charge in [0.2, 0.25) is 0 Å². The highest BCUT2D eigenvalue weighted by atomic mass is 16.5. The molecule has 1 amide bonds. The van der Waals surface area contributed by atoms with Crippen molar-refractivity contribution in [1.82, 2.24) is 5.16 Å². The lowest BCUT2D eigenvalue weighted by Gasteiger charge is -2.37. The Balaban J connectivity index is 1.85. The molecule has 0 radical (unpaired) electrons. The van der Waals surface area contributed by atoms with Crippen molar-refractivity contribution in [2.24, 2.45) is 0 Å². The highest BCUT2D eigenvalue weighted by Gasteiger charge is 2.33. The maximum absolute atomic E-state index is 11.8. The Hall–Kier alpha value is -1.36. The molecule has 1 aliphatic rings. The van der Waals surface area contributed by atoms with Crippen LogP contribution >= 0.6 is 0 Å². The fourth-order valence-corrected chi connectivity index (χ4v) is 2.00. The molecule has 5 heteroatoms. The molecule has 0 unspecified atom stereocenters. The van der Waals surface area contributed by atoms with E-state index < -0.39 is 0 Å². The highest BCUT2D eigenvalue weighted by Crippen LogP contribution is 2.34. The Morgan fingerprint density at radius 3 is 2.89 bits per heavy atom. The lowest BCUT2D eigenvalue weighted by atomic mass is 9.82. The van der Waals surface area contributed by atoms with Gasteiger partial charge in [-0.3, -0.25) is 4.79 Å². The summed E-state index contributed by atoms with van der Waals surface area (Å²) in [5.41, 5.74) is 0.532. The predicted molar refractivity (Wildman–Crippen MR) is 67.4 cm³/mol. The zero-order valence-electron chi connectivity index (χ0n) is 11.2. The summed E-state index contributed by atoms with van der Waals surface area (Å²) < 4.78 is 10.7. The second-order valence-electron chi connectivity index (χ2n) is 5.40. The summed E-state index contributed by atoms with van der Waals surface area (Å²) in [6.07, 6.45) is 4.77. The molecule has 1 aromatic rings. The van der Waals surface area contributed by atoms with Crippen LogP contribution in [-0.4, -0.2) is 23.3 Å². The van der Waals surface area contributed by atoms with E-state index in [2.05, 4.69) is 10.5 Å². The SMILES string of the molecule is CC(C)c1oncc1NC(=O)COC1(C)CCC1. The van der Waals surface area contributed by atoms with Gasteiger partial charge in [-0.15, -0.1) is 0 Å². The Kier molecular flexibility index (Phi) is 3.71. The first kappa shape index (κ1) is 13.1. The minimum Gasteiger partial charge on any atom is -0.365 e. The monoisotopic (exact) mass is 252 g/mol. The van der Waals surface area contributed by atoms with Gasteiger partial charge in [-0.2, -0.15) is 0 Å². The smallest absolute Gasteiger partial charge is 0.250 e. The number of nitrogens with zero attached hydrogens (tertiary/aromatic N) is 1. The third kappa shape index (κ3) is 2.90. The molecule has 1 aliphatic carbocycles. The molecule has 1 saturated carbocycles. The Morgan fingerprint density at radius 1 is 1.61 bits per heavy atom. The van der Waals surface area contributed by atoms with Gasteiger partial charge in [-0.1, -0.05) is 19.0 Å². The van der Waals surface area contributed by atoms with Crippen LogP contribution in [0.25, 0.3) is 0 Å². The first-order valence-electron chi connectivity index (χ1n) is 6.38. The van der Waals surface area contributed by atoms with Crippen LogP contribution in [0.4, 0.5) is 5.69 Å². The van der Waals surface area contributed by atoms with Gasteiger partial charge in [0.15, 0.2) is 5.76 Å². The molecular weight excluding hydrogens is 232 g/mol. The minimum atomic E-state index is -0.159. The van der Waals surface area contributed by atoms with Crippen LogP contribution in [0.2, 0.25) is 0 Å². The second kappa shape index (κ2) is 5.10. The molecule has 1 fully saturated rings. The van der Waals surface area contributed by atoms with Crippen molar-refractivity contribution in [3.05, 3.63) is 12.0 Å². The van der Waals surface area contributed by atoms with Gasteiger partial charge in [-0.25, -0.2) is 0 Å². The number of ether oxygens (including phenoxy) is 1. The van der Waals surface area contributed by atoms with Crippen molar-refractivity contribution in [2.75, 3.05) is 11.9 Å². The molecule has 0 bridgehead atoms. The van der Waals surface area contributed by atoms with Gasteiger partial charge in [0, 0.05) is 5.92 Å². The molecule has 0 atom stereocenters. The van der Waals surface area contributed by atoms with E-state index in [1.165, 1.54) is 12.6 Å². The molecular formula is C13H20N2O3. The Morgan fingerprint density at radius 2 is 2.33 bits per heavy atom. The van der Waals surface area contributed by atoms with Gasteiger partial charge >= 0.3 is 0 Å². The molecule has 5 nitrogen and oxygen atoms in total. The van der Waals surface area contributed by atoms with E-state index in [4.69, 9.17) is 9.26 Å². The number of hydrogen-bond acceptors (Lipinski definition) is 4. The summed E-state index contributed by atoms with van der Waals surface area (Å²) in [4.78, 5) is 11.8. The van der Waals surface area contributed by atoms with Crippen molar-refractivity contribution in [3.8, 4) is 0 Å². The number of amides is 1. The van der Waals surface area contributed by atoms with Crippen molar-refractivity contribution in [3.63, 3.8) is 0 Å². The maximum atomic E-state index is 11.8. The van der Waals surface area contributed by atoms with Crippen LogP contribution in [-0.2, 0) is 9.53 Å². The number of nitrogens with one attached hydrogen (secondary N) is 1. The molecule has 1 N–H and O–H groups in total. The average molecular weight is 252 g/mol. The van der Waals surface area contributed by atoms with Gasteiger partial charge < -0.3 is 14.6 Å². The fourth-order valence-electron chi connectivity index (χ4n) is 2.00. The molecule has 1 aromatic heterocycles. The lowest BCUT2D eigenvalue weighted by molar-refractivity contribution is -0.134. The maximum Gasteiger partial charge on any atom is 0.250 e. The Bertz CT molecular complexity index is 422. The molecule has 0 spiro atoms. The number of carbonyl (C=O) groups excluding carboxylic acids is 1. The average Bonchev–Trinajstić information content (AvgIpc) is 2.72. The number of hydrogen-bond donors (Lipinski definition) is 1. The third-order valence-electron chi connectivity index (χ3n) is 3.36. The van der Waals surface area contributed by atoms with E-state index >= 15 is 0 Å². The quantitative estimate of drug-likeness (QED) is 0.875. The van der Waals surface area contributed by atoms with Crippen LogP contribution in [0.5, 0.6) is 0 Å². The third-order valence-corrected chi connectivity index (χ3v) is 3.36. The number of carbonyl (C=O) groups is 1. The number of aromatic nitrogens is 1. The van der Waals surface area contributed by atoms with E-state index in [9.17, 15) is 4.79 Å². The van der Waals surface area contributed by atoms with Crippen LogP contribution in [0.1, 0.15) is 51.7 Å². The minimum absolute atomic E-state index is 0.0826. The standard InChI is InChI=1S/C13H20N2O3/c1-9(2)12-10(7-14-18-12)15-11(16)8-17-13(3)5-4-6-13/h7,9H,4-6,8H2,1-3H3,(H,15,16). The summed E-state index contributed by atoms with van der Waals surface area (Å²) in [5, 5.41) is 6.47. The van der Waals surface area contributed by atoms with Gasteiger partial charge in [-0.05, 0) is 26.2 Å². The normalized spacial score (nSPS) is 17.6. The summed E-state index contributed by atoms with van der Waals surface area (Å²) in [7, 11) is 0. The first-order chi connectivity index (χ1) is 8.50. The fraction of sp³-hybridized carbons (Fsp3) is 0.692. The molecule has 0 aliphatic heterocycles. The zero-order chi connectivity index (χ0) is 13.2. The first-order valence-corrected chi connectivity index (χ1v) is 6.38. The molecule has 0 aromatic carbocycles. The molecule has 2 rings (SSSR count). The van der Waals surface area contributed by atoms with E-state index in [0.29, 0.717) is 11.4 Å². The van der Waals surface area contributed by atoms with E-state index in [1.807, 2.05) is 20.8 Å². The lowest BCUT2D eigenvalue weighted by Crippen LogP contribution is -2.39. The summed E-state index contributed by atoms with van der Waals surface area (Å²) in [6, 6.07) is 0. The van der Waals surface area contributed by atoms with E-state index in [1.54, 1.807) is 0 Å². The summed E-state index contributed by atoms with van der Waals surface area (Å²) >= 11 is 0. The number of anilines is 1. The summed E-state index contributed by atoms with van der Waals surface area (Å²) in [5.74, 6) is 0.722. The predicted octanol–water partition coefficient (Wildman–Crippen LogP) is 2.70. The van der Waals surface area contributed by atoms with Gasteiger partial charge in [0.25, 0.3) is 5.91 Å². The second-order valence-corrected chi connectivity index (χ2v) is 5.40. The molecule has 0 saturated heterocycles. The van der Waals surface area contributed by atoms with Gasteiger partial charge in [0.05, 0.1) is 11.8 Å². The van der Waals surface area contributed by atoms with E-state index in [-0.39, 0.29) is 24.0 Å². The number of rotatable bonds is 5. The Labute approximate surface area is 107 Å². The zero-order valence-corrected chi connectivity index (χ0v) is 11.2. The van der Waals surface area contributed by atoms with Crippen LogP contribution < -0.4 is 5.32 Å². The van der Waals surface area contributed by atoms with E-state index in [0.717, 1.165) is 12.8 Å². The summed E-state index contributed by atoms with van der Waals surface area (Å²) in [6.45, 7) is 6.10. The topological polar surface area (TPSA) is 64.4 Å². The van der Waals surface area contributed by atoms with Crippen LogP contribution in [0, 0.1) is 0 Å². The van der Waals surface area contributed by atoms with Crippen molar-refractivity contribution in [1.29, 1.82) is 0 Å². The largest absolute Gasteiger partial charge is 0.365 e. The van der Waals surface area contributed by atoms with Crippen LogP contribution in [0.15, 0.2) is 10.7 Å². The molecule has 1 heterocycles. The van der Waals surface area contributed by atoms with Crippen molar-refractivity contribution < 1.29 is 14.1 Å². The molecule has 18 heavy (non-hydrogen) atoms. The van der Waals surface area contributed by atoms with Crippen molar-refractivity contribution in [2.45, 2.75) is 51.6 Å². The van der Waals surface area contributed by atoms with Crippen molar-refractivity contribution >= 4 is 11.6 Å².